The average Bonchev–Trinajstić information content (AvgIpc) is 3.16. The molecule has 0 radical (unpaired) electrons. The van der Waals surface area contributed by atoms with Crippen LogP contribution in [0.25, 0.3) is 0 Å². The number of anilines is 1. The van der Waals surface area contributed by atoms with Gasteiger partial charge in [0.2, 0.25) is 5.91 Å². The number of benzene rings is 1. The van der Waals surface area contributed by atoms with Gasteiger partial charge in [0.1, 0.15) is 17.5 Å². The molecule has 1 saturated carbocycles. The Morgan fingerprint density at radius 2 is 2.15 bits per heavy atom. The van der Waals surface area contributed by atoms with Crippen molar-refractivity contribution >= 4 is 17.3 Å². The van der Waals surface area contributed by atoms with Gasteiger partial charge in [-0.15, -0.1) is 0 Å². The second-order valence-electron chi connectivity index (χ2n) is 5.02. The average molecular weight is 281 g/mol. The zero-order valence-corrected chi connectivity index (χ0v) is 11.3. The molecule has 0 spiro atoms. The molecule has 0 aliphatic heterocycles. The minimum atomic E-state index is -0.670. The third kappa shape index (κ3) is 3.23. The van der Waals surface area contributed by atoms with E-state index in [1.165, 1.54) is 13.0 Å². The Morgan fingerprint density at radius 1 is 1.50 bits per heavy atom. The molecule has 7 heteroatoms. The van der Waals surface area contributed by atoms with Gasteiger partial charge in [-0.2, -0.15) is 0 Å². The Balaban J connectivity index is 2.16. The van der Waals surface area contributed by atoms with E-state index >= 15 is 0 Å². The molecule has 1 amide bonds. The zero-order chi connectivity index (χ0) is 14.9. The molecule has 6 nitrogen and oxygen atoms in total. The number of nitrogens with zero attached hydrogens (tertiary/aromatic N) is 1. The molecule has 1 fully saturated rings. The second-order valence-corrected chi connectivity index (χ2v) is 5.02. The molecule has 108 valence electrons. The summed E-state index contributed by atoms with van der Waals surface area (Å²) in [7, 11) is 0. The topological polar surface area (TPSA) is 84.3 Å². The lowest BCUT2D eigenvalue weighted by Crippen LogP contribution is -2.38. The molecule has 1 aliphatic rings. The molecule has 0 heterocycles. The van der Waals surface area contributed by atoms with Crippen LogP contribution in [0.1, 0.15) is 25.3 Å². The first-order chi connectivity index (χ1) is 9.38. The number of nitro benzene ring substituents is 1. The first-order valence-corrected chi connectivity index (χ1v) is 6.40. The van der Waals surface area contributed by atoms with Crippen LogP contribution in [0.3, 0.4) is 0 Å². The van der Waals surface area contributed by atoms with Gasteiger partial charge in [0, 0.05) is 6.04 Å². The maximum atomic E-state index is 13.4. The highest BCUT2D eigenvalue weighted by atomic mass is 19.1. The number of carbonyl (C=O) groups excluding carboxylic acids is 1. The van der Waals surface area contributed by atoms with Crippen LogP contribution in [0, 0.1) is 22.9 Å². The number of rotatable bonds is 5. The van der Waals surface area contributed by atoms with Crippen LogP contribution in [0.4, 0.5) is 15.8 Å². The molecule has 1 aromatic carbocycles. The highest BCUT2D eigenvalue weighted by molar-refractivity contribution is 5.85. The summed E-state index contributed by atoms with van der Waals surface area (Å²) in [6.07, 6.45) is 1.93. The van der Waals surface area contributed by atoms with E-state index in [9.17, 15) is 19.3 Å². The standard InChI is InChI=1S/C13H16FN3O3/c1-7-5-11(12(17(19)20)6-10(7)14)15-8(2)13(18)16-9-3-4-9/h5-6,8-9,15H,3-4H2,1-2H3,(H,16,18). The zero-order valence-electron chi connectivity index (χ0n) is 11.3. The van der Waals surface area contributed by atoms with Crippen LogP contribution in [-0.2, 0) is 4.79 Å². The number of hydrogen-bond acceptors (Lipinski definition) is 4. The normalized spacial score (nSPS) is 15.6. The molecule has 0 bridgehead atoms. The predicted octanol–water partition coefficient (Wildman–Crippen LogP) is 2.12. The Morgan fingerprint density at radius 3 is 2.70 bits per heavy atom. The summed E-state index contributed by atoms with van der Waals surface area (Å²) in [5.41, 5.74) is 0.0550. The van der Waals surface area contributed by atoms with Crippen LogP contribution in [0.5, 0.6) is 0 Å². The third-order valence-corrected chi connectivity index (χ3v) is 3.16. The van der Waals surface area contributed by atoms with Crippen LogP contribution < -0.4 is 10.6 Å². The summed E-state index contributed by atoms with van der Waals surface area (Å²) >= 11 is 0. The number of nitro groups is 1. The number of aryl methyl sites for hydroxylation is 1. The maximum Gasteiger partial charge on any atom is 0.295 e. The number of amides is 1. The fourth-order valence-corrected chi connectivity index (χ4v) is 1.79. The predicted molar refractivity (Wildman–Crippen MR) is 72.0 cm³/mol. The quantitative estimate of drug-likeness (QED) is 0.639. The number of halogens is 1. The van der Waals surface area contributed by atoms with Crippen LogP contribution in [-0.4, -0.2) is 22.9 Å². The van der Waals surface area contributed by atoms with Crippen molar-refractivity contribution in [1.82, 2.24) is 5.32 Å². The van der Waals surface area contributed by atoms with E-state index in [0.717, 1.165) is 18.9 Å². The number of nitrogens with one attached hydrogen (secondary N) is 2. The molecule has 0 aromatic heterocycles. The van der Waals surface area contributed by atoms with Crippen molar-refractivity contribution in [3.05, 3.63) is 33.6 Å². The minimum absolute atomic E-state index is 0.146. The summed E-state index contributed by atoms with van der Waals surface area (Å²) in [5, 5.41) is 16.5. The van der Waals surface area contributed by atoms with Gasteiger partial charge in [0.05, 0.1) is 11.0 Å². The maximum absolute atomic E-state index is 13.4. The van der Waals surface area contributed by atoms with Crippen LogP contribution >= 0.6 is 0 Å². The first-order valence-electron chi connectivity index (χ1n) is 6.40. The van der Waals surface area contributed by atoms with E-state index in [2.05, 4.69) is 10.6 Å². The third-order valence-electron chi connectivity index (χ3n) is 3.16. The molecular weight excluding hydrogens is 265 g/mol. The first kappa shape index (κ1) is 14.2. The van der Waals surface area contributed by atoms with Gasteiger partial charge >= 0.3 is 0 Å². The lowest BCUT2D eigenvalue weighted by molar-refractivity contribution is -0.384. The van der Waals surface area contributed by atoms with Crippen molar-refractivity contribution in [1.29, 1.82) is 0 Å². The molecule has 20 heavy (non-hydrogen) atoms. The molecule has 0 saturated heterocycles. The Labute approximate surface area is 115 Å². The van der Waals surface area contributed by atoms with E-state index in [-0.39, 0.29) is 28.9 Å². The molecule has 1 atom stereocenters. The van der Waals surface area contributed by atoms with E-state index in [1.807, 2.05) is 0 Å². The van der Waals surface area contributed by atoms with Gasteiger partial charge < -0.3 is 10.6 Å². The SMILES string of the molecule is Cc1cc(NC(C)C(=O)NC2CC2)c([N+](=O)[O-])cc1F. The monoisotopic (exact) mass is 281 g/mol. The lowest BCUT2D eigenvalue weighted by Gasteiger charge is -2.15. The van der Waals surface area contributed by atoms with Crippen molar-refractivity contribution in [2.24, 2.45) is 0 Å². The fourth-order valence-electron chi connectivity index (χ4n) is 1.79. The van der Waals surface area contributed by atoms with Crippen LogP contribution in [0.2, 0.25) is 0 Å². The second kappa shape index (κ2) is 5.44. The van der Waals surface area contributed by atoms with Gasteiger partial charge in [0.15, 0.2) is 0 Å². The fraction of sp³-hybridized carbons (Fsp3) is 0.462. The molecule has 1 aromatic rings. The summed E-state index contributed by atoms with van der Waals surface area (Å²) < 4.78 is 13.4. The Bertz CT molecular complexity index is 558. The van der Waals surface area contributed by atoms with E-state index < -0.39 is 16.8 Å². The molecule has 1 unspecified atom stereocenters. The summed E-state index contributed by atoms with van der Waals surface area (Å²) in [6.45, 7) is 3.12. The van der Waals surface area contributed by atoms with Crippen molar-refractivity contribution < 1.29 is 14.1 Å². The smallest absolute Gasteiger partial charge is 0.295 e. The summed E-state index contributed by atoms with van der Waals surface area (Å²) in [4.78, 5) is 22.1. The largest absolute Gasteiger partial charge is 0.368 e. The van der Waals surface area contributed by atoms with E-state index in [4.69, 9.17) is 0 Å². The van der Waals surface area contributed by atoms with Gasteiger partial charge in [0.25, 0.3) is 5.69 Å². The van der Waals surface area contributed by atoms with Crippen molar-refractivity contribution in [3.8, 4) is 0 Å². The van der Waals surface area contributed by atoms with Crippen molar-refractivity contribution in [3.63, 3.8) is 0 Å². The Hall–Kier alpha value is -2.18. The highest BCUT2D eigenvalue weighted by Crippen LogP contribution is 2.28. The van der Waals surface area contributed by atoms with Crippen molar-refractivity contribution in [2.75, 3.05) is 5.32 Å². The lowest BCUT2D eigenvalue weighted by atomic mass is 10.1. The van der Waals surface area contributed by atoms with Gasteiger partial charge in [-0.1, -0.05) is 0 Å². The summed E-state index contributed by atoms with van der Waals surface area (Å²) in [6, 6.07) is 1.80. The number of hydrogen-bond donors (Lipinski definition) is 2. The molecule has 2 rings (SSSR count). The molecule has 1 aliphatic carbocycles. The number of carbonyl (C=O) groups is 1. The van der Waals surface area contributed by atoms with Crippen LogP contribution in [0.15, 0.2) is 12.1 Å². The molecule has 2 N–H and O–H groups in total. The van der Waals surface area contributed by atoms with Gasteiger partial charge in [-0.3, -0.25) is 14.9 Å². The van der Waals surface area contributed by atoms with E-state index in [1.54, 1.807) is 6.92 Å². The van der Waals surface area contributed by atoms with Gasteiger partial charge in [-0.25, -0.2) is 4.39 Å². The molecular formula is C13H16FN3O3. The minimum Gasteiger partial charge on any atom is -0.368 e. The highest BCUT2D eigenvalue weighted by Gasteiger charge is 2.27. The summed E-state index contributed by atoms with van der Waals surface area (Å²) in [5.74, 6) is -0.860. The Kier molecular flexibility index (Phi) is 3.87. The van der Waals surface area contributed by atoms with E-state index in [0.29, 0.717) is 0 Å². The van der Waals surface area contributed by atoms with Crippen molar-refractivity contribution in [2.45, 2.75) is 38.8 Å². The van der Waals surface area contributed by atoms with Gasteiger partial charge in [-0.05, 0) is 38.3 Å².